The molecular formula is C22H21INO5P. The van der Waals surface area contributed by atoms with Gasteiger partial charge in [-0.3, -0.25) is 4.79 Å². The highest BCUT2D eigenvalue weighted by Crippen LogP contribution is 2.45. The van der Waals surface area contributed by atoms with E-state index in [0.717, 1.165) is 9.13 Å². The van der Waals surface area contributed by atoms with Crippen LogP contribution in [0.3, 0.4) is 0 Å². The molecule has 1 N–H and O–H groups in total. The molecule has 0 bridgehead atoms. The summed E-state index contributed by atoms with van der Waals surface area (Å²) in [6, 6.07) is 24.0. The molecule has 0 aliphatic heterocycles. The number of para-hydroxylation sites is 1. The molecule has 3 aromatic rings. The molecule has 0 saturated carbocycles. The molecular weight excluding hydrogens is 516 g/mol. The Balaban J connectivity index is 1.71. The molecule has 3 aromatic carbocycles. The fourth-order valence-corrected chi connectivity index (χ4v) is 4.35. The number of carbonyl (C=O) groups excluding carboxylic acids is 1. The Kier molecular flexibility index (Phi) is 7.90. The Labute approximate surface area is 189 Å². The van der Waals surface area contributed by atoms with Crippen LogP contribution in [0.15, 0.2) is 84.9 Å². The lowest BCUT2D eigenvalue weighted by Gasteiger charge is -2.23. The molecule has 0 aromatic heterocycles. The zero-order valence-corrected chi connectivity index (χ0v) is 19.3. The normalized spacial score (nSPS) is 13.7. The number of halogens is 1. The first-order valence-corrected chi connectivity index (χ1v) is 11.8. The summed E-state index contributed by atoms with van der Waals surface area (Å²) in [5.41, 5.74) is 0.858. The average Bonchev–Trinajstić information content (AvgIpc) is 2.75. The van der Waals surface area contributed by atoms with Gasteiger partial charge in [0.15, 0.2) is 0 Å². The Bertz CT molecular complexity index is 999. The lowest BCUT2D eigenvalue weighted by atomic mass is 10.2. The zero-order valence-electron chi connectivity index (χ0n) is 16.2. The second kappa shape index (κ2) is 10.6. The minimum atomic E-state index is -3.94. The Hall–Kier alpha value is -2.35. The molecule has 0 saturated heterocycles. The van der Waals surface area contributed by atoms with Crippen LogP contribution in [-0.2, 0) is 20.7 Å². The minimum Gasteiger partial charge on any atom is -0.460 e. The summed E-state index contributed by atoms with van der Waals surface area (Å²) in [7, 11) is -3.94. The van der Waals surface area contributed by atoms with Gasteiger partial charge in [-0.05, 0) is 71.5 Å². The van der Waals surface area contributed by atoms with Gasteiger partial charge in [0.2, 0.25) is 0 Å². The van der Waals surface area contributed by atoms with Gasteiger partial charge in [0, 0.05) is 3.57 Å². The van der Waals surface area contributed by atoms with Crippen LogP contribution in [0.1, 0.15) is 12.5 Å². The zero-order chi connectivity index (χ0) is 21.4. The average molecular weight is 537 g/mol. The summed E-state index contributed by atoms with van der Waals surface area (Å²) in [4.78, 5) is 12.4. The highest BCUT2D eigenvalue weighted by Gasteiger charge is 2.33. The van der Waals surface area contributed by atoms with Crippen molar-refractivity contribution in [1.29, 1.82) is 0 Å². The van der Waals surface area contributed by atoms with Gasteiger partial charge in [-0.15, -0.1) is 0 Å². The number of carbonyl (C=O) groups is 1. The van der Waals surface area contributed by atoms with Crippen molar-refractivity contribution in [2.45, 2.75) is 19.6 Å². The third-order valence-corrected chi connectivity index (χ3v) is 6.26. The van der Waals surface area contributed by atoms with Gasteiger partial charge in [-0.25, -0.2) is 4.57 Å². The van der Waals surface area contributed by atoms with Crippen molar-refractivity contribution in [3.8, 4) is 11.5 Å². The first kappa shape index (κ1) is 22.3. The molecule has 0 spiro atoms. The van der Waals surface area contributed by atoms with E-state index in [1.165, 1.54) is 0 Å². The van der Waals surface area contributed by atoms with Gasteiger partial charge in [0.1, 0.15) is 24.1 Å². The topological polar surface area (TPSA) is 73.9 Å². The summed E-state index contributed by atoms with van der Waals surface area (Å²) in [5, 5.41) is 2.68. The van der Waals surface area contributed by atoms with E-state index in [2.05, 4.69) is 27.7 Å². The van der Waals surface area contributed by atoms with E-state index in [-0.39, 0.29) is 6.61 Å². The summed E-state index contributed by atoms with van der Waals surface area (Å²) in [5.74, 6) is 0.137. The second-order valence-electron chi connectivity index (χ2n) is 6.39. The SMILES string of the molecule is C[C@H](NP(=O)(Oc1ccccc1)Oc1ccc(I)cc1)C(=O)OCc1ccccc1. The van der Waals surface area contributed by atoms with Crippen LogP contribution in [0.25, 0.3) is 0 Å². The van der Waals surface area contributed by atoms with Crippen LogP contribution in [-0.4, -0.2) is 12.0 Å². The van der Waals surface area contributed by atoms with Crippen LogP contribution >= 0.6 is 30.3 Å². The summed E-state index contributed by atoms with van der Waals surface area (Å²) < 4.78 is 31.1. The standard InChI is InChI=1S/C22H21INO5P/c1-17(22(25)27-16-18-8-4-2-5-9-18)24-30(26,28-20-10-6-3-7-11-20)29-21-14-12-19(23)13-15-21/h2-15,17H,16H2,1H3,(H,24,26)/t17-,30?/m0/s1. The molecule has 0 heterocycles. The van der Waals surface area contributed by atoms with E-state index >= 15 is 0 Å². The molecule has 0 fully saturated rings. The van der Waals surface area contributed by atoms with Crippen LogP contribution in [0, 0.1) is 3.57 Å². The predicted molar refractivity (Wildman–Crippen MR) is 123 cm³/mol. The fourth-order valence-electron chi connectivity index (χ4n) is 2.47. The third kappa shape index (κ3) is 6.86. The van der Waals surface area contributed by atoms with E-state index in [1.54, 1.807) is 43.3 Å². The van der Waals surface area contributed by atoms with Crippen molar-refractivity contribution < 1.29 is 23.1 Å². The molecule has 3 rings (SSSR count). The molecule has 2 atom stereocenters. The van der Waals surface area contributed by atoms with Gasteiger partial charge in [-0.2, -0.15) is 5.09 Å². The van der Waals surface area contributed by atoms with Crippen molar-refractivity contribution in [3.05, 3.63) is 94.1 Å². The molecule has 0 radical (unpaired) electrons. The van der Waals surface area contributed by atoms with Gasteiger partial charge in [0.05, 0.1) is 0 Å². The maximum absolute atomic E-state index is 13.5. The molecule has 156 valence electrons. The third-order valence-electron chi connectivity index (χ3n) is 3.94. The van der Waals surface area contributed by atoms with E-state index in [0.29, 0.717) is 11.5 Å². The van der Waals surface area contributed by atoms with Crippen LogP contribution in [0.5, 0.6) is 11.5 Å². The molecule has 8 heteroatoms. The number of nitrogens with one attached hydrogen (secondary N) is 1. The van der Waals surface area contributed by atoms with Crippen molar-refractivity contribution in [2.75, 3.05) is 0 Å². The first-order valence-electron chi connectivity index (χ1n) is 9.22. The van der Waals surface area contributed by atoms with Crippen molar-refractivity contribution in [3.63, 3.8) is 0 Å². The van der Waals surface area contributed by atoms with Gasteiger partial charge in [-0.1, -0.05) is 48.5 Å². The second-order valence-corrected chi connectivity index (χ2v) is 9.26. The largest absolute Gasteiger partial charge is 0.513 e. The van der Waals surface area contributed by atoms with Crippen molar-refractivity contribution >= 4 is 36.3 Å². The Morgan fingerprint density at radius 1 is 0.900 bits per heavy atom. The number of hydrogen-bond donors (Lipinski definition) is 1. The summed E-state index contributed by atoms with van der Waals surface area (Å²) in [6.45, 7) is 1.67. The number of esters is 1. The quantitative estimate of drug-likeness (QED) is 0.218. The molecule has 6 nitrogen and oxygen atoms in total. The number of ether oxygens (including phenoxy) is 1. The monoisotopic (exact) mass is 537 g/mol. The number of hydrogen-bond acceptors (Lipinski definition) is 5. The van der Waals surface area contributed by atoms with Gasteiger partial charge in [0.25, 0.3) is 0 Å². The van der Waals surface area contributed by atoms with Gasteiger partial charge < -0.3 is 13.8 Å². The van der Waals surface area contributed by atoms with E-state index in [9.17, 15) is 9.36 Å². The molecule has 1 unspecified atom stereocenters. The smallest absolute Gasteiger partial charge is 0.460 e. The van der Waals surface area contributed by atoms with Gasteiger partial charge >= 0.3 is 13.7 Å². The van der Waals surface area contributed by atoms with Crippen molar-refractivity contribution in [2.24, 2.45) is 0 Å². The van der Waals surface area contributed by atoms with E-state index < -0.39 is 19.8 Å². The lowest BCUT2D eigenvalue weighted by molar-refractivity contribution is -0.146. The Morgan fingerprint density at radius 3 is 2.03 bits per heavy atom. The minimum absolute atomic E-state index is 0.119. The highest BCUT2D eigenvalue weighted by atomic mass is 127. The molecule has 0 aliphatic rings. The lowest BCUT2D eigenvalue weighted by Crippen LogP contribution is -2.35. The number of rotatable bonds is 9. The highest BCUT2D eigenvalue weighted by molar-refractivity contribution is 14.1. The molecule has 30 heavy (non-hydrogen) atoms. The van der Waals surface area contributed by atoms with Crippen LogP contribution in [0.2, 0.25) is 0 Å². The Morgan fingerprint density at radius 2 is 1.43 bits per heavy atom. The summed E-state index contributed by atoms with van der Waals surface area (Å²) >= 11 is 2.16. The fraction of sp³-hybridized carbons (Fsp3) is 0.136. The van der Waals surface area contributed by atoms with Crippen LogP contribution < -0.4 is 14.1 Å². The first-order chi connectivity index (χ1) is 14.4. The number of benzene rings is 3. The maximum atomic E-state index is 13.5. The maximum Gasteiger partial charge on any atom is 0.513 e. The van der Waals surface area contributed by atoms with Crippen LogP contribution in [0.4, 0.5) is 0 Å². The molecule has 0 amide bonds. The van der Waals surface area contributed by atoms with E-state index in [4.69, 9.17) is 13.8 Å². The molecule has 0 aliphatic carbocycles. The van der Waals surface area contributed by atoms with Crippen molar-refractivity contribution in [1.82, 2.24) is 5.09 Å². The predicted octanol–water partition coefficient (Wildman–Crippen LogP) is 5.58. The van der Waals surface area contributed by atoms with E-state index in [1.807, 2.05) is 48.5 Å². The summed E-state index contributed by atoms with van der Waals surface area (Å²) in [6.07, 6.45) is 0.